The third-order valence-corrected chi connectivity index (χ3v) is 4.14. The zero-order valence-corrected chi connectivity index (χ0v) is 11.6. The number of furan rings is 1. The van der Waals surface area contributed by atoms with Crippen LogP contribution in [0.5, 0.6) is 0 Å². The summed E-state index contributed by atoms with van der Waals surface area (Å²) in [5.74, 6) is -1.07. The number of β-amino-alcohol motifs (C(OH)–C–C–N with tert-alkyl or cyclic N) is 1. The van der Waals surface area contributed by atoms with Crippen LogP contribution in [0.1, 0.15) is 16.9 Å². The van der Waals surface area contributed by atoms with Gasteiger partial charge in [-0.25, -0.2) is 9.78 Å². The molecule has 1 saturated heterocycles. The summed E-state index contributed by atoms with van der Waals surface area (Å²) < 4.78 is 5.20. The number of amides is 1. The highest BCUT2D eigenvalue weighted by molar-refractivity contribution is 7.13. The first-order chi connectivity index (χ1) is 10.1. The van der Waals surface area contributed by atoms with E-state index in [9.17, 15) is 14.7 Å². The largest absolute Gasteiger partial charge is 0.480 e. The van der Waals surface area contributed by atoms with E-state index in [1.165, 1.54) is 17.6 Å². The van der Waals surface area contributed by atoms with Crippen molar-refractivity contribution in [3.63, 3.8) is 0 Å². The van der Waals surface area contributed by atoms with Gasteiger partial charge in [-0.15, -0.1) is 11.3 Å². The number of aliphatic hydroxyl groups is 1. The lowest BCUT2D eigenvalue weighted by molar-refractivity contribution is -0.141. The molecule has 0 unspecified atom stereocenters. The van der Waals surface area contributed by atoms with E-state index in [0.29, 0.717) is 10.8 Å². The summed E-state index contributed by atoms with van der Waals surface area (Å²) in [6.45, 7) is 0.00338. The van der Waals surface area contributed by atoms with Crippen LogP contribution in [0.15, 0.2) is 28.2 Å². The Hall–Kier alpha value is -2.19. The summed E-state index contributed by atoms with van der Waals surface area (Å²) in [6.07, 6.45) is 0.726. The summed E-state index contributed by atoms with van der Waals surface area (Å²) >= 11 is 1.24. The first kappa shape index (κ1) is 13.8. The molecule has 21 heavy (non-hydrogen) atoms. The molecule has 0 spiro atoms. The predicted octanol–water partition coefficient (Wildman–Crippen LogP) is 1.06. The number of carbonyl (C=O) groups excluding carboxylic acids is 1. The SMILES string of the molecule is O=C(O)[C@H]1C[C@@H](O)CN1C(=O)c1csc(-c2ccco2)n1. The fraction of sp³-hybridized carbons (Fsp3) is 0.308. The van der Waals surface area contributed by atoms with Crippen LogP contribution in [0.25, 0.3) is 10.8 Å². The minimum atomic E-state index is -1.12. The van der Waals surface area contributed by atoms with Crippen LogP contribution < -0.4 is 0 Å². The third kappa shape index (κ3) is 2.55. The summed E-state index contributed by atoms with van der Waals surface area (Å²) in [5, 5.41) is 20.8. The monoisotopic (exact) mass is 308 g/mol. The molecule has 0 aliphatic carbocycles. The Balaban J connectivity index is 1.83. The lowest BCUT2D eigenvalue weighted by Crippen LogP contribution is -2.40. The summed E-state index contributed by atoms with van der Waals surface area (Å²) in [6, 6.07) is 2.43. The Morgan fingerprint density at radius 3 is 2.95 bits per heavy atom. The second kappa shape index (κ2) is 5.30. The number of aliphatic hydroxyl groups excluding tert-OH is 1. The number of aliphatic carboxylic acids is 1. The molecule has 7 nitrogen and oxygen atoms in total. The number of aromatic nitrogens is 1. The molecule has 2 atom stereocenters. The van der Waals surface area contributed by atoms with Crippen LogP contribution in [0, 0.1) is 0 Å². The molecule has 1 amide bonds. The highest BCUT2D eigenvalue weighted by Gasteiger charge is 2.39. The van der Waals surface area contributed by atoms with Gasteiger partial charge in [0.05, 0.1) is 12.4 Å². The molecule has 2 N–H and O–H groups in total. The number of nitrogens with zero attached hydrogens (tertiary/aromatic N) is 2. The number of hydrogen-bond acceptors (Lipinski definition) is 6. The summed E-state index contributed by atoms with van der Waals surface area (Å²) in [7, 11) is 0. The van der Waals surface area contributed by atoms with Crippen LogP contribution in [-0.4, -0.2) is 50.7 Å². The van der Waals surface area contributed by atoms with E-state index in [4.69, 9.17) is 9.52 Å². The van der Waals surface area contributed by atoms with Gasteiger partial charge in [0.25, 0.3) is 5.91 Å². The number of hydrogen-bond donors (Lipinski definition) is 2. The fourth-order valence-corrected chi connectivity index (χ4v) is 3.07. The van der Waals surface area contributed by atoms with Crippen molar-refractivity contribution in [2.75, 3.05) is 6.54 Å². The van der Waals surface area contributed by atoms with Crippen molar-refractivity contribution in [2.24, 2.45) is 0 Å². The van der Waals surface area contributed by atoms with Crippen molar-refractivity contribution in [3.05, 3.63) is 29.5 Å². The topological polar surface area (TPSA) is 104 Å². The Bertz CT molecular complexity index is 666. The van der Waals surface area contributed by atoms with Gasteiger partial charge in [0, 0.05) is 18.3 Å². The van der Waals surface area contributed by atoms with E-state index in [1.807, 2.05) is 0 Å². The van der Waals surface area contributed by atoms with Gasteiger partial charge in [-0.1, -0.05) is 0 Å². The van der Waals surface area contributed by atoms with Crippen molar-refractivity contribution in [3.8, 4) is 10.8 Å². The molecule has 2 aromatic heterocycles. The Kier molecular flexibility index (Phi) is 3.48. The highest BCUT2D eigenvalue weighted by atomic mass is 32.1. The number of carboxylic acid groups (broad SMARTS) is 1. The average molecular weight is 308 g/mol. The van der Waals surface area contributed by atoms with E-state index in [1.54, 1.807) is 17.5 Å². The zero-order chi connectivity index (χ0) is 15.0. The zero-order valence-electron chi connectivity index (χ0n) is 10.8. The second-order valence-electron chi connectivity index (χ2n) is 4.72. The normalized spacial score (nSPS) is 21.7. The molecule has 3 rings (SSSR count). The van der Waals surface area contributed by atoms with E-state index < -0.39 is 24.0 Å². The summed E-state index contributed by atoms with van der Waals surface area (Å²) in [4.78, 5) is 28.8. The molecule has 110 valence electrons. The molecule has 0 radical (unpaired) electrons. The average Bonchev–Trinajstić information content (AvgIpc) is 3.17. The quantitative estimate of drug-likeness (QED) is 0.878. The number of thiazole rings is 1. The Morgan fingerprint density at radius 2 is 2.29 bits per heavy atom. The maximum atomic E-state index is 12.4. The standard InChI is InChI=1S/C13H12N2O5S/c16-7-4-9(13(18)19)15(5-7)12(17)8-6-21-11(14-8)10-2-1-3-20-10/h1-3,6-7,9,16H,4-5H2,(H,18,19)/t7-,9-/m1/s1. The van der Waals surface area contributed by atoms with Gasteiger partial charge in [0.1, 0.15) is 11.7 Å². The molecule has 1 fully saturated rings. The lowest BCUT2D eigenvalue weighted by Gasteiger charge is -2.19. The maximum Gasteiger partial charge on any atom is 0.326 e. The fourth-order valence-electron chi connectivity index (χ4n) is 2.30. The van der Waals surface area contributed by atoms with Crippen molar-refractivity contribution < 1.29 is 24.2 Å². The lowest BCUT2D eigenvalue weighted by atomic mass is 10.2. The maximum absolute atomic E-state index is 12.4. The first-order valence-electron chi connectivity index (χ1n) is 6.27. The predicted molar refractivity (Wildman–Crippen MR) is 72.9 cm³/mol. The number of rotatable bonds is 3. The molecular weight excluding hydrogens is 296 g/mol. The van der Waals surface area contributed by atoms with Crippen molar-refractivity contribution in [1.82, 2.24) is 9.88 Å². The van der Waals surface area contributed by atoms with E-state index in [-0.39, 0.29) is 18.7 Å². The van der Waals surface area contributed by atoms with Crippen molar-refractivity contribution >= 4 is 23.2 Å². The molecule has 0 saturated carbocycles. The van der Waals surface area contributed by atoms with Gasteiger partial charge in [0.15, 0.2) is 10.8 Å². The smallest absolute Gasteiger partial charge is 0.326 e. The minimum absolute atomic E-state index is 0.00338. The number of carbonyl (C=O) groups is 2. The van der Waals surface area contributed by atoms with Crippen LogP contribution in [-0.2, 0) is 4.79 Å². The van der Waals surface area contributed by atoms with Gasteiger partial charge < -0.3 is 19.5 Å². The summed E-state index contributed by atoms with van der Waals surface area (Å²) in [5.41, 5.74) is 0.159. The second-order valence-corrected chi connectivity index (χ2v) is 5.57. The van der Waals surface area contributed by atoms with Gasteiger partial charge >= 0.3 is 5.97 Å². The third-order valence-electron chi connectivity index (χ3n) is 3.28. The molecule has 2 aromatic rings. The van der Waals surface area contributed by atoms with E-state index in [2.05, 4.69) is 4.98 Å². The Labute approximate surface area is 123 Å². The molecular formula is C13H12N2O5S. The molecule has 0 bridgehead atoms. The van der Waals surface area contributed by atoms with E-state index >= 15 is 0 Å². The Morgan fingerprint density at radius 1 is 1.48 bits per heavy atom. The number of carboxylic acids is 1. The van der Waals surface area contributed by atoms with Crippen molar-refractivity contribution in [2.45, 2.75) is 18.6 Å². The minimum Gasteiger partial charge on any atom is -0.480 e. The van der Waals surface area contributed by atoms with Crippen LogP contribution in [0.3, 0.4) is 0 Å². The molecule has 3 heterocycles. The van der Waals surface area contributed by atoms with Gasteiger partial charge in [-0.05, 0) is 12.1 Å². The molecule has 8 heteroatoms. The van der Waals surface area contributed by atoms with Crippen molar-refractivity contribution in [1.29, 1.82) is 0 Å². The highest BCUT2D eigenvalue weighted by Crippen LogP contribution is 2.26. The molecule has 1 aliphatic heterocycles. The van der Waals surface area contributed by atoms with Gasteiger partial charge in [-0.2, -0.15) is 0 Å². The molecule has 0 aromatic carbocycles. The number of likely N-dealkylation sites (tertiary alicyclic amines) is 1. The van der Waals surface area contributed by atoms with Gasteiger partial charge in [-0.3, -0.25) is 4.79 Å². The van der Waals surface area contributed by atoms with Crippen LogP contribution in [0.2, 0.25) is 0 Å². The van der Waals surface area contributed by atoms with Gasteiger partial charge in [0.2, 0.25) is 0 Å². The first-order valence-corrected chi connectivity index (χ1v) is 7.15. The van der Waals surface area contributed by atoms with Crippen LogP contribution >= 0.6 is 11.3 Å². The molecule has 1 aliphatic rings. The van der Waals surface area contributed by atoms with Crippen LogP contribution in [0.4, 0.5) is 0 Å². The van der Waals surface area contributed by atoms with E-state index in [0.717, 1.165) is 4.90 Å².